The number of rotatable bonds is 7. The predicted molar refractivity (Wildman–Crippen MR) is 131 cm³/mol. The van der Waals surface area contributed by atoms with Gasteiger partial charge in [0.1, 0.15) is 6.04 Å². The quantitative estimate of drug-likeness (QED) is 0.585. The normalized spacial score (nSPS) is 33.1. The number of anilines is 1. The van der Waals surface area contributed by atoms with E-state index >= 15 is 0 Å². The summed E-state index contributed by atoms with van der Waals surface area (Å²) in [7, 11) is 0. The molecule has 8 heteroatoms. The molecule has 1 aromatic carbocycles. The van der Waals surface area contributed by atoms with Gasteiger partial charge in [0.15, 0.2) is 6.10 Å². The Labute approximate surface area is 212 Å². The summed E-state index contributed by atoms with van der Waals surface area (Å²) < 4.78 is 5.61. The van der Waals surface area contributed by atoms with Gasteiger partial charge in [0.2, 0.25) is 5.91 Å². The molecule has 4 saturated carbocycles. The highest BCUT2D eigenvalue weighted by molar-refractivity contribution is 5.98. The number of β-amino-alcohol motifs (C(OH)–C–C–N with tert-alkyl or cyclic N) is 1. The molecule has 5 aliphatic rings. The molecule has 6 rings (SSSR count). The van der Waals surface area contributed by atoms with Crippen molar-refractivity contribution < 1.29 is 24.2 Å². The van der Waals surface area contributed by atoms with Crippen LogP contribution in [-0.4, -0.2) is 59.1 Å². The van der Waals surface area contributed by atoms with Crippen LogP contribution in [0.25, 0.3) is 0 Å². The minimum atomic E-state index is -1.09. The summed E-state index contributed by atoms with van der Waals surface area (Å²) in [5, 5.41) is 19.5. The molecular weight excluding hydrogens is 458 g/mol. The summed E-state index contributed by atoms with van der Waals surface area (Å²) in [6.45, 7) is 1.82. The zero-order valence-electron chi connectivity index (χ0n) is 20.8. The third-order valence-corrected chi connectivity index (χ3v) is 8.73. The monoisotopic (exact) mass is 493 g/mol. The molecule has 36 heavy (non-hydrogen) atoms. The number of aliphatic hydroxyl groups excluding tert-OH is 1. The first-order valence-corrected chi connectivity index (χ1v) is 13.2. The number of carbonyl (C=O) groups is 3. The Morgan fingerprint density at radius 3 is 2.31 bits per heavy atom. The van der Waals surface area contributed by atoms with Crippen LogP contribution >= 0.6 is 0 Å². The second kappa shape index (κ2) is 9.85. The van der Waals surface area contributed by atoms with E-state index in [0.29, 0.717) is 23.4 Å². The van der Waals surface area contributed by atoms with Gasteiger partial charge in [-0.2, -0.15) is 5.26 Å². The van der Waals surface area contributed by atoms with Gasteiger partial charge in [-0.3, -0.25) is 9.59 Å². The van der Waals surface area contributed by atoms with Gasteiger partial charge in [-0.05, 0) is 75.3 Å². The zero-order valence-corrected chi connectivity index (χ0v) is 20.8. The Kier molecular flexibility index (Phi) is 6.78. The predicted octanol–water partition coefficient (Wildman–Crippen LogP) is 3.04. The van der Waals surface area contributed by atoms with Crippen molar-refractivity contribution in [3.05, 3.63) is 30.3 Å². The summed E-state index contributed by atoms with van der Waals surface area (Å²) >= 11 is 0. The fourth-order valence-corrected chi connectivity index (χ4v) is 7.60. The van der Waals surface area contributed by atoms with Gasteiger partial charge in [-0.25, -0.2) is 4.79 Å². The first-order chi connectivity index (χ1) is 17.3. The lowest BCUT2D eigenvalue weighted by Crippen LogP contribution is -2.56. The van der Waals surface area contributed by atoms with Crippen LogP contribution in [0, 0.1) is 34.5 Å². The Morgan fingerprint density at radius 1 is 1.11 bits per heavy atom. The van der Waals surface area contributed by atoms with E-state index in [0.717, 1.165) is 19.3 Å². The number of esters is 1. The summed E-state index contributed by atoms with van der Waals surface area (Å²) in [6.07, 6.45) is 4.66. The van der Waals surface area contributed by atoms with E-state index in [1.807, 2.05) is 6.07 Å². The average Bonchev–Trinajstić information content (AvgIpc) is 3.25. The van der Waals surface area contributed by atoms with Crippen LogP contribution < -0.4 is 4.90 Å². The average molecular weight is 494 g/mol. The molecular formula is C28H35N3O5. The van der Waals surface area contributed by atoms with Crippen molar-refractivity contribution in [2.75, 3.05) is 18.0 Å². The molecule has 2 amide bonds. The van der Waals surface area contributed by atoms with Crippen LogP contribution in [0.15, 0.2) is 30.3 Å². The molecule has 3 atom stereocenters. The standard InChI is InChI=1S/C28H35N3O5/c1-18(25(33)30(9-5-8-29)22-6-3-2-4-7-22)36-26(34)24-13-23(32)17-31(24)27(35)28-14-19-10-20(15-28)12-21(11-19)16-28/h2-4,6-7,18-21,23-24,32H,5,9-17H2,1H3/t18?,19?,20?,21?,23?,24-,28?/m0/s1. The number of hydrogen-bond acceptors (Lipinski definition) is 6. The van der Waals surface area contributed by atoms with Gasteiger partial charge < -0.3 is 19.6 Å². The maximum absolute atomic E-state index is 13.9. The highest BCUT2D eigenvalue weighted by Crippen LogP contribution is 2.60. The van der Waals surface area contributed by atoms with Crippen LogP contribution in [0.1, 0.15) is 58.3 Å². The second-order valence-electron chi connectivity index (χ2n) is 11.4. The molecule has 5 fully saturated rings. The van der Waals surface area contributed by atoms with Gasteiger partial charge in [-0.1, -0.05) is 18.2 Å². The fourth-order valence-electron chi connectivity index (χ4n) is 7.60. The topological polar surface area (TPSA) is 111 Å². The number of aliphatic hydroxyl groups is 1. The highest BCUT2D eigenvalue weighted by atomic mass is 16.5. The van der Waals surface area contributed by atoms with E-state index in [4.69, 9.17) is 10.00 Å². The Hall–Kier alpha value is -2.92. The summed E-state index contributed by atoms with van der Waals surface area (Å²) in [5.41, 5.74) is 0.204. The third-order valence-electron chi connectivity index (χ3n) is 8.73. The molecule has 4 aliphatic carbocycles. The smallest absolute Gasteiger partial charge is 0.329 e. The number of ether oxygens (including phenoxy) is 1. The minimum absolute atomic E-state index is 0.0148. The van der Waals surface area contributed by atoms with Crippen LogP contribution in [0.3, 0.4) is 0 Å². The summed E-state index contributed by atoms with van der Waals surface area (Å²) in [6, 6.07) is 10.1. The SMILES string of the molecule is CC(OC(=O)[C@@H]1CC(O)CN1C(=O)C12CC3CC(CC(C3)C1)C2)C(=O)N(CCC#N)c1ccccc1. The minimum Gasteiger partial charge on any atom is -0.451 e. The number of likely N-dealkylation sites (tertiary alicyclic amines) is 1. The number of nitriles is 1. The molecule has 1 saturated heterocycles. The number of para-hydroxylation sites is 1. The lowest BCUT2D eigenvalue weighted by molar-refractivity contribution is -0.168. The summed E-state index contributed by atoms with van der Waals surface area (Å²) in [5.74, 6) is 0.676. The Bertz CT molecular complexity index is 1020. The Balaban J connectivity index is 1.28. The molecule has 1 aromatic rings. The molecule has 1 N–H and O–H groups in total. The number of amides is 2. The molecule has 8 nitrogen and oxygen atoms in total. The van der Waals surface area contributed by atoms with Gasteiger partial charge in [0, 0.05) is 25.2 Å². The molecule has 1 aliphatic heterocycles. The van der Waals surface area contributed by atoms with E-state index in [1.54, 1.807) is 29.2 Å². The number of hydrogen-bond donors (Lipinski definition) is 1. The fraction of sp³-hybridized carbons (Fsp3) is 0.643. The van der Waals surface area contributed by atoms with Gasteiger partial charge in [0.05, 0.1) is 24.0 Å². The number of benzene rings is 1. The van der Waals surface area contributed by atoms with Crippen molar-refractivity contribution in [2.45, 2.75) is 76.5 Å². The molecule has 4 bridgehead atoms. The maximum Gasteiger partial charge on any atom is 0.329 e. The van der Waals surface area contributed by atoms with E-state index < -0.39 is 35.5 Å². The van der Waals surface area contributed by atoms with E-state index in [1.165, 1.54) is 31.1 Å². The zero-order chi connectivity index (χ0) is 25.4. The van der Waals surface area contributed by atoms with E-state index in [-0.39, 0.29) is 31.8 Å². The van der Waals surface area contributed by atoms with Crippen LogP contribution in [0.5, 0.6) is 0 Å². The molecule has 192 valence electrons. The van der Waals surface area contributed by atoms with Crippen molar-refractivity contribution in [3.8, 4) is 6.07 Å². The molecule has 1 heterocycles. The maximum atomic E-state index is 13.9. The Morgan fingerprint density at radius 2 is 1.72 bits per heavy atom. The van der Waals surface area contributed by atoms with Crippen molar-refractivity contribution in [2.24, 2.45) is 23.2 Å². The number of nitrogens with zero attached hydrogens (tertiary/aromatic N) is 3. The van der Waals surface area contributed by atoms with E-state index in [2.05, 4.69) is 6.07 Å². The van der Waals surface area contributed by atoms with Crippen molar-refractivity contribution in [1.29, 1.82) is 5.26 Å². The molecule has 0 radical (unpaired) electrons. The van der Waals surface area contributed by atoms with Gasteiger partial charge in [-0.15, -0.1) is 0 Å². The largest absolute Gasteiger partial charge is 0.451 e. The van der Waals surface area contributed by atoms with Crippen molar-refractivity contribution >= 4 is 23.5 Å². The molecule has 2 unspecified atom stereocenters. The number of carbonyl (C=O) groups excluding carboxylic acids is 3. The first kappa shape index (κ1) is 24.8. The van der Waals surface area contributed by atoms with Crippen LogP contribution in [0.4, 0.5) is 5.69 Å². The van der Waals surface area contributed by atoms with Crippen molar-refractivity contribution in [1.82, 2.24) is 4.90 Å². The summed E-state index contributed by atoms with van der Waals surface area (Å²) in [4.78, 5) is 43.4. The lowest BCUT2D eigenvalue weighted by Gasteiger charge is -2.56. The van der Waals surface area contributed by atoms with Gasteiger partial charge in [0.25, 0.3) is 5.91 Å². The first-order valence-electron chi connectivity index (χ1n) is 13.2. The highest BCUT2D eigenvalue weighted by Gasteiger charge is 2.57. The lowest BCUT2D eigenvalue weighted by atomic mass is 9.49. The van der Waals surface area contributed by atoms with Crippen LogP contribution in [-0.2, 0) is 19.1 Å². The second-order valence-corrected chi connectivity index (χ2v) is 11.4. The van der Waals surface area contributed by atoms with Crippen LogP contribution in [0.2, 0.25) is 0 Å². The van der Waals surface area contributed by atoms with Crippen molar-refractivity contribution in [3.63, 3.8) is 0 Å². The van der Waals surface area contributed by atoms with E-state index in [9.17, 15) is 19.5 Å². The van der Waals surface area contributed by atoms with Gasteiger partial charge >= 0.3 is 5.97 Å². The third kappa shape index (κ3) is 4.61. The molecule has 0 spiro atoms. The molecule has 0 aromatic heterocycles.